The number of hydrogen-bond donors (Lipinski definition) is 9. The number of aliphatic hydroxyl groups is 8. The molecule has 0 aromatic rings. The second kappa shape index (κ2) is 28.6. The van der Waals surface area contributed by atoms with Gasteiger partial charge in [0.05, 0.1) is 32.0 Å². The van der Waals surface area contributed by atoms with E-state index in [4.69, 9.17) is 18.9 Å². The molecule has 9 N–H and O–H groups in total. The molecule has 54 heavy (non-hydrogen) atoms. The van der Waals surface area contributed by atoms with Crippen molar-refractivity contribution in [3.63, 3.8) is 0 Å². The molecule has 2 heterocycles. The second-order valence-electron chi connectivity index (χ2n) is 14.4. The third-order valence-electron chi connectivity index (χ3n) is 9.82. The Balaban J connectivity index is 1.84. The zero-order chi connectivity index (χ0) is 39.7. The van der Waals surface area contributed by atoms with Crippen LogP contribution in [0.1, 0.15) is 117 Å². The summed E-state index contributed by atoms with van der Waals surface area (Å²) in [6.45, 7) is 2.54. The predicted molar refractivity (Wildman–Crippen MR) is 203 cm³/mol. The summed E-state index contributed by atoms with van der Waals surface area (Å²) in [6.07, 6.45) is 11.4. The molecule has 0 aromatic heterocycles. The van der Waals surface area contributed by atoms with E-state index in [0.29, 0.717) is 6.42 Å². The first-order valence-corrected chi connectivity index (χ1v) is 20.2. The molecular formula is C40H71NO13. The highest BCUT2D eigenvalue weighted by Gasteiger charge is 2.50. The van der Waals surface area contributed by atoms with Crippen molar-refractivity contribution in [3.8, 4) is 0 Å². The number of ether oxygens (including phenoxy) is 4. The lowest BCUT2D eigenvalue weighted by atomic mass is 9.97. The highest BCUT2D eigenvalue weighted by atomic mass is 16.7. The van der Waals surface area contributed by atoms with Gasteiger partial charge in [0.15, 0.2) is 12.6 Å². The number of aliphatic hydroxyl groups excluding tert-OH is 8. The van der Waals surface area contributed by atoms with Crippen LogP contribution >= 0.6 is 0 Å². The van der Waals surface area contributed by atoms with Crippen LogP contribution in [-0.2, 0) is 23.7 Å². The molecule has 0 saturated carbocycles. The van der Waals surface area contributed by atoms with Gasteiger partial charge in [-0.25, -0.2) is 0 Å². The monoisotopic (exact) mass is 773 g/mol. The molecule has 12 atom stereocenters. The number of carbonyl (C=O) groups excluding carboxylic acids is 1. The molecular weight excluding hydrogens is 702 g/mol. The molecule has 2 fully saturated rings. The van der Waals surface area contributed by atoms with Gasteiger partial charge < -0.3 is 65.1 Å². The minimum Gasteiger partial charge on any atom is -0.394 e. The standard InChI is InChI=1S/C40H71NO13/c1-3-5-7-9-10-11-12-13-14-15-16-17-18-19-20-22-24-32(45)41-28(29(44)23-21-8-6-4-2)27-51-39-37(50)35(48)38(31(26-43)53-39)54-40-36(49)34(47)33(46)30(25-42)52-40/h11-12,14-15,21,23,28-31,33-40,42-44,46-50H,3-10,13,16-20,22,24-27H2,1-2H3,(H,41,45)/b12-11-,15-14-,23-21+. The fourth-order valence-electron chi connectivity index (χ4n) is 6.36. The summed E-state index contributed by atoms with van der Waals surface area (Å²) in [6, 6.07) is -0.915. The fraction of sp³-hybridized carbons (Fsp3) is 0.825. The van der Waals surface area contributed by atoms with E-state index in [9.17, 15) is 45.6 Å². The summed E-state index contributed by atoms with van der Waals surface area (Å²) in [7, 11) is 0. The summed E-state index contributed by atoms with van der Waals surface area (Å²) in [4.78, 5) is 12.9. The Morgan fingerprint density at radius 1 is 0.667 bits per heavy atom. The minimum atomic E-state index is -1.79. The van der Waals surface area contributed by atoms with Crippen molar-refractivity contribution in [2.24, 2.45) is 0 Å². The number of hydrogen-bond acceptors (Lipinski definition) is 13. The van der Waals surface area contributed by atoms with Crippen LogP contribution in [0.15, 0.2) is 36.5 Å². The van der Waals surface area contributed by atoms with E-state index in [-0.39, 0.29) is 18.9 Å². The van der Waals surface area contributed by atoms with Crippen molar-refractivity contribution in [1.82, 2.24) is 5.32 Å². The Kier molecular flexibility index (Phi) is 25.6. The number of carbonyl (C=O) groups is 1. The van der Waals surface area contributed by atoms with Crippen molar-refractivity contribution in [1.29, 1.82) is 0 Å². The first kappa shape index (κ1) is 48.4. The Bertz CT molecular complexity index is 1060. The van der Waals surface area contributed by atoms with Crippen LogP contribution in [0.3, 0.4) is 0 Å². The van der Waals surface area contributed by atoms with Gasteiger partial charge in [0.1, 0.15) is 48.8 Å². The first-order chi connectivity index (χ1) is 26.1. The number of unbranched alkanes of at least 4 members (excludes halogenated alkanes) is 11. The smallest absolute Gasteiger partial charge is 0.220 e. The van der Waals surface area contributed by atoms with E-state index < -0.39 is 86.8 Å². The lowest BCUT2D eigenvalue weighted by Crippen LogP contribution is -2.65. The van der Waals surface area contributed by atoms with E-state index in [1.807, 2.05) is 6.08 Å². The maximum Gasteiger partial charge on any atom is 0.220 e. The Hall–Kier alpha value is -1.79. The largest absolute Gasteiger partial charge is 0.394 e. The maximum absolute atomic E-state index is 12.9. The molecule has 314 valence electrons. The topological polar surface area (TPSA) is 228 Å². The summed E-state index contributed by atoms with van der Waals surface area (Å²) in [5.41, 5.74) is 0. The normalized spacial score (nSPS) is 30.4. The third-order valence-corrected chi connectivity index (χ3v) is 9.82. The van der Waals surface area contributed by atoms with Gasteiger partial charge in [0.2, 0.25) is 5.91 Å². The molecule has 14 nitrogen and oxygen atoms in total. The van der Waals surface area contributed by atoms with Crippen molar-refractivity contribution >= 4 is 5.91 Å². The van der Waals surface area contributed by atoms with Crippen molar-refractivity contribution < 1.29 is 64.6 Å². The highest BCUT2D eigenvalue weighted by molar-refractivity contribution is 5.76. The molecule has 14 heteroatoms. The summed E-state index contributed by atoms with van der Waals surface area (Å²) < 4.78 is 22.4. The molecule has 2 rings (SSSR count). The molecule has 2 aliphatic rings. The zero-order valence-corrected chi connectivity index (χ0v) is 32.4. The average Bonchev–Trinajstić information content (AvgIpc) is 3.17. The van der Waals surface area contributed by atoms with E-state index in [0.717, 1.165) is 64.2 Å². The highest BCUT2D eigenvalue weighted by Crippen LogP contribution is 2.29. The van der Waals surface area contributed by atoms with Crippen LogP contribution in [0.25, 0.3) is 0 Å². The molecule has 2 saturated heterocycles. The van der Waals surface area contributed by atoms with Gasteiger partial charge in [-0.1, -0.05) is 102 Å². The Morgan fingerprint density at radius 3 is 1.89 bits per heavy atom. The van der Waals surface area contributed by atoms with E-state index >= 15 is 0 Å². The predicted octanol–water partition coefficient (Wildman–Crippen LogP) is 2.42. The molecule has 0 aromatic carbocycles. The Morgan fingerprint density at radius 2 is 1.24 bits per heavy atom. The zero-order valence-electron chi connectivity index (χ0n) is 32.4. The molecule has 1 amide bonds. The quantitative estimate of drug-likeness (QED) is 0.0412. The number of nitrogens with one attached hydrogen (secondary N) is 1. The van der Waals surface area contributed by atoms with E-state index in [1.165, 1.54) is 25.7 Å². The minimum absolute atomic E-state index is 0.262. The van der Waals surface area contributed by atoms with Crippen LogP contribution in [0.4, 0.5) is 0 Å². The second-order valence-corrected chi connectivity index (χ2v) is 14.4. The van der Waals surface area contributed by atoms with Crippen LogP contribution in [-0.4, -0.2) is 140 Å². The molecule has 2 aliphatic heterocycles. The van der Waals surface area contributed by atoms with Crippen molar-refractivity contribution in [2.45, 2.75) is 190 Å². The number of rotatable bonds is 28. The number of allylic oxidation sites excluding steroid dienone is 5. The van der Waals surface area contributed by atoms with Gasteiger partial charge in [-0.3, -0.25) is 4.79 Å². The lowest BCUT2D eigenvalue weighted by molar-refractivity contribution is -0.359. The van der Waals surface area contributed by atoms with Gasteiger partial charge in [0, 0.05) is 6.42 Å². The molecule has 12 unspecified atom stereocenters. The summed E-state index contributed by atoms with van der Waals surface area (Å²) in [5, 5.41) is 85.6. The van der Waals surface area contributed by atoms with Crippen LogP contribution < -0.4 is 5.32 Å². The first-order valence-electron chi connectivity index (χ1n) is 20.2. The summed E-state index contributed by atoms with van der Waals surface area (Å²) >= 11 is 0. The van der Waals surface area contributed by atoms with Gasteiger partial charge in [0.25, 0.3) is 0 Å². The lowest BCUT2D eigenvalue weighted by Gasteiger charge is -2.46. The SMILES string of the molecule is CCCC/C=C/C(O)C(COC1OC(CO)C(OC2OC(CO)C(O)C(O)C2O)C(O)C1O)NC(=O)CCCCCCC/C=C\C/C=C\CCCCCC. The molecule has 0 spiro atoms. The van der Waals surface area contributed by atoms with Gasteiger partial charge in [-0.15, -0.1) is 0 Å². The van der Waals surface area contributed by atoms with E-state index in [2.05, 4.69) is 43.5 Å². The van der Waals surface area contributed by atoms with Gasteiger partial charge in [-0.2, -0.15) is 0 Å². The maximum atomic E-state index is 12.9. The van der Waals surface area contributed by atoms with Crippen LogP contribution in [0.5, 0.6) is 0 Å². The molecule has 0 aliphatic carbocycles. The Labute approximate surface area is 321 Å². The summed E-state index contributed by atoms with van der Waals surface area (Å²) in [5.74, 6) is -0.266. The number of amides is 1. The fourth-order valence-corrected chi connectivity index (χ4v) is 6.36. The van der Waals surface area contributed by atoms with Gasteiger partial charge in [-0.05, 0) is 44.9 Å². The average molecular weight is 774 g/mol. The van der Waals surface area contributed by atoms with Gasteiger partial charge >= 0.3 is 0 Å². The third kappa shape index (κ3) is 17.6. The van der Waals surface area contributed by atoms with Crippen LogP contribution in [0.2, 0.25) is 0 Å². The molecule has 0 bridgehead atoms. The molecule has 0 radical (unpaired) electrons. The van der Waals surface area contributed by atoms with E-state index in [1.54, 1.807) is 6.08 Å². The van der Waals surface area contributed by atoms with Crippen LogP contribution in [0, 0.1) is 0 Å². The van der Waals surface area contributed by atoms with Crippen molar-refractivity contribution in [2.75, 3.05) is 19.8 Å². The van der Waals surface area contributed by atoms with Crippen molar-refractivity contribution in [3.05, 3.63) is 36.5 Å².